The first-order chi connectivity index (χ1) is 6.33. The molecule has 70 valence electrons. The topological polar surface area (TPSA) is 26.0 Å². The number of rotatable bonds is 5. The summed E-state index contributed by atoms with van der Waals surface area (Å²) in [5, 5.41) is 0. The van der Waals surface area contributed by atoms with Gasteiger partial charge >= 0.3 is 0 Å². The van der Waals surface area contributed by atoms with Crippen molar-refractivity contribution in [1.29, 1.82) is 0 Å². The maximum atomic E-state index is 5.44. The van der Waals surface area contributed by atoms with Gasteiger partial charge in [0.25, 0.3) is 0 Å². The van der Waals surface area contributed by atoms with Crippen molar-refractivity contribution in [3.8, 4) is 0 Å². The van der Waals surface area contributed by atoms with Gasteiger partial charge in [0.05, 0.1) is 0 Å². The first kappa shape index (κ1) is 10.4. The molecule has 0 aliphatic carbocycles. The molecular formula is C11H15NS. The van der Waals surface area contributed by atoms with Crippen LogP contribution in [0.15, 0.2) is 42.5 Å². The lowest BCUT2D eigenvalue weighted by Gasteiger charge is -2.02. The average Bonchev–Trinajstić information content (AvgIpc) is 2.19. The molecule has 0 spiro atoms. The van der Waals surface area contributed by atoms with Crippen LogP contribution >= 0.6 is 11.8 Å². The molecule has 0 amide bonds. The molecule has 0 heterocycles. The fourth-order valence-corrected chi connectivity index (χ4v) is 1.88. The lowest BCUT2D eigenvalue weighted by atomic mass is 10.2. The van der Waals surface area contributed by atoms with Crippen LogP contribution in [0, 0.1) is 0 Å². The van der Waals surface area contributed by atoms with Crippen molar-refractivity contribution in [2.24, 2.45) is 5.73 Å². The first-order valence-corrected chi connectivity index (χ1v) is 5.47. The zero-order chi connectivity index (χ0) is 9.52. The van der Waals surface area contributed by atoms with Gasteiger partial charge < -0.3 is 5.73 Å². The zero-order valence-corrected chi connectivity index (χ0v) is 8.52. The van der Waals surface area contributed by atoms with Gasteiger partial charge in [-0.25, -0.2) is 0 Å². The summed E-state index contributed by atoms with van der Waals surface area (Å²) < 4.78 is 0. The summed E-state index contributed by atoms with van der Waals surface area (Å²) in [4.78, 5) is 0. The molecule has 0 atom stereocenters. The third kappa shape index (κ3) is 4.15. The zero-order valence-electron chi connectivity index (χ0n) is 7.70. The van der Waals surface area contributed by atoms with Gasteiger partial charge in [-0.2, -0.15) is 11.8 Å². The van der Waals surface area contributed by atoms with E-state index < -0.39 is 0 Å². The van der Waals surface area contributed by atoms with Gasteiger partial charge in [-0.1, -0.05) is 42.5 Å². The summed E-state index contributed by atoms with van der Waals surface area (Å²) in [6.45, 7) is 4.46. The van der Waals surface area contributed by atoms with Crippen molar-refractivity contribution in [1.82, 2.24) is 0 Å². The van der Waals surface area contributed by atoms with E-state index in [0.29, 0.717) is 6.54 Å². The molecule has 0 fully saturated rings. The van der Waals surface area contributed by atoms with Crippen LogP contribution in [0.3, 0.4) is 0 Å². The standard InChI is InChI=1S/C11H15NS/c1-10(7-12)8-13-9-11-5-3-2-4-6-11/h2-6H,1,7-9,12H2. The Morgan fingerprint density at radius 2 is 2.00 bits per heavy atom. The Balaban J connectivity index is 2.24. The Morgan fingerprint density at radius 1 is 1.31 bits per heavy atom. The Kier molecular flexibility index (Phi) is 4.65. The Morgan fingerprint density at radius 3 is 2.62 bits per heavy atom. The highest BCUT2D eigenvalue weighted by atomic mass is 32.2. The third-order valence-corrected chi connectivity index (χ3v) is 2.86. The van der Waals surface area contributed by atoms with Crippen LogP contribution in [-0.4, -0.2) is 12.3 Å². The fraction of sp³-hybridized carbons (Fsp3) is 0.273. The van der Waals surface area contributed by atoms with E-state index in [4.69, 9.17) is 5.73 Å². The molecule has 2 N–H and O–H groups in total. The smallest absolute Gasteiger partial charge is 0.0187 e. The van der Waals surface area contributed by atoms with E-state index in [0.717, 1.165) is 17.1 Å². The maximum Gasteiger partial charge on any atom is 0.0187 e. The van der Waals surface area contributed by atoms with Crippen LogP contribution < -0.4 is 5.73 Å². The minimum Gasteiger partial charge on any atom is -0.327 e. The van der Waals surface area contributed by atoms with Gasteiger partial charge in [-0.05, 0) is 5.56 Å². The summed E-state index contributed by atoms with van der Waals surface area (Å²) in [5.74, 6) is 2.01. The SMILES string of the molecule is C=C(CN)CSCc1ccccc1. The van der Waals surface area contributed by atoms with Crippen LogP contribution in [0.1, 0.15) is 5.56 Å². The van der Waals surface area contributed by atoms with Crippen LogP contribution in [0.2, 0.25) is 0 Å². The monoisotopic (exact) mass is 193 g/mol. The van der Waals surface area contributed by atoms with Crippen molar-refractivity contribution < 1.29 is 0 Å². The van der Waals surface area contributed by atoms with Crippen molar-refractivity contribution in [2.75, 3.05) is 12.3 Å². The van der Waals surface area contributed by atoms with E-state index in [1.54, 1.807) is 0 Å². The van der Waals surface area contributed by atoms with Crippen molar-refractivity contribution in [3.05, 3.63) is 48.0 Å². The largest absolute Gasteiger partial charge is 0.327 e. The highest BCUT2D eigenvalue weighted by molar-refractivity contribution is 7.98. The van der Waals surface area contributed by atoms with E-state index in [9.17, 15) is 0 Å². The third-order valence-electron chi connectivity index (χ3n) is 1.71. The van der Waals surface area contributed by atoms with Gasteiger partial charge in [0.1, 0.15) is 0 Å². The molecule has 0 aromatic heterocycles. The van der Waals surface area contributed by atoms with Crippen molar-refractivity contribution >= 4 is 11.8 Å². The quantitative estimate of drug-likeness (QED) is 0.727. The lowest BCUT2D eigenvalue weighted by molar-refractivity contribution is 1.15. The maximum absolute atomic E-state index is 5.44. The Hall–Kier alpha value is -0.730. The highest BCUT2D eigenvalue weighted by Crippen LogP contribution is 2.13. The minimum absolute atomic E-state index is 0.599. The van der Waals surface area contributed by atoms with Crippen molar-refractivity contribution in [2.45, 2.75) is 5.75 Å². The normalized spacial score (nSPS) is 9.92. The molecule has 1 aromatic rings. The van der Waals surface area contributed by atoms with E-state index in [1.807, 2.05) is 17.8 Å². The van der Waals surface area contributed by atoms with Gasteiger partial charge in [-0.15, -0.1) is 0 Å². The summed E-state index contributed by atoms with van der Waals surface area (Å²) >= 11 is 1.86. The number of benzene rings is 1. The van der Waals surface area contributed by atoms with E-state index >= 15 is 0 Å². The number of hydrogen-bond donors (Lipinski definition) is 1. The van der Waals surface area contributed by atoms with E-state index in [-0.39, 0.29) is 0 Å². The molecule has 2 heteroatoms. The Labute approximate surface area is 84.0 Å². The molecule has 0 bridgehead atoms. The van der Waals surface area contributed by atoms with Crippen LogP contribution in [-0.2, 0) is 5.75 Å². The molecule has 0 aliphatic rings. The van der Waals surface area contributed by atoms with Crippen LogP contribution in [0.25, 0.3) is 0 Å². The van der Waals surface area contributed by atoms with E-state index in [1.165, 1.54) is 5.56 Å². The van der Waals surface area contributed by atoms with Gasteiger partial charge in [0.2, 0.25) is 0 Å². The van der Waals surface area contributed by atoms with Crippen LogP contribution in [0.5, 0.6) is 0 Å². The predicted molar refractivity (Wildman–Crippen MR) is 60.8 cm³/mol. The second-order valence-electron chi connectivity index (χ2n) is 2.93. The summed E-state index contributed by atoms with van der Waals surface area (Å²) in [7, 11) is 0. The number of hydrogen-bond acceptors (Lipinski definition) is 2. The molecule has 0 unspecified atom stereocenters. The van der Waals surface area contributed by atoms with Gasteiger partial charge in [0.15, 0.2) is 0 Å². The molecule has 1 nitrogen and oxygen atoms in total. The minimum atomic E-state index is 0.599. The Bertz CT molecular complexity index is 256. The number of nitrogens with two attached hydrogens (primary N) is 1. The van der Waals surface area contributed by atoms with Crippen molar-refractivity contribution in [3.63, 3.8) is 0 Å². The molecule has 1 rings (SSSR count). The predicted octanol–water partition coefficient (Wildman–Crippen LogP) is 2.43. The van der Waals surface area contributed by atoms with E-state index in [2.05, 4.69) is 30.8 Å². The molecule has 0 radical (unpaired) electrons. The molecule has 13 heavy (non-hydrogen) atoms. The molecule has 0 saturated heterocycles. The summed E-state index contributed by atoms with van der Waals surface area (Å²) in [6, 6.07) is 10.4. The molecular weight excluding hydrogens is 178 g/mol. The molecule has 1 aromatic carbocycles. The first-order valence-electron chi connectivity index (χ1n) is 4.31. The summed E-state index contributed by atoms with van der Waals surface area (Å²) in [5.41, 5.74) is 7.91. The average molecular weight is 193 g/mol. The lowest BCUT2D eigenvalue weighted by Crippen LogP contribution is -2.03. The number of thioether (sulfide) groups is 1. The second kappa shape index (κ2) is 5.84. The fourth-order valence-electron chi connectivity index (χ4n) is 0.946. The highest BCUT2D eigenvalue weighted by Gasteiger charge is 1.93. The molecule has 0 saturated carbocycles. The summed E-state index contributed by atoms with van der Waals surface area (Å²) in [6.07, 6.45) is 0. The molecule has 0 aliphatic heterocycles. The second-order valence-corrected chi connectivity index (χ2v) is 3.92. The van der Waals surface area contributed by atoms with Gasteiger partial charge in [0, 0.05) is 18.1 Å². The van der Waals surface area contributed by atoms with Crippen LogP contribution in [0.4, 0.5) is 0 Å². The van der Waals surface area contributed by atoms with Gasteiger partial charge in [-0.3, -0.25) is 0 Å².